The lowest BCUT2D eigenvalue weighted by atomic mass is 9.90. The van der Waals surface area contributed by atoms with E-state index in [4.69, 9.17) is 9.47 Å². The van der Waals surface area contributed by atoms with Crippen LogP contribution in [0, 0.1) is 11.7 Å². The van der Waals surface area contributed by atoms with Crippen LogP contribution < -0.4 is 14.8 Å². The fraction of sp³-hybridized carbons (Fsp3) is 0.417. The van der Waals surface area contributed by atoms with Crippen molar-refractivity contribution in [3.05, 3.63) is 59.4 Å². The maximum absolute atomic E-state index is 13.2. The van der Waals surface area contributed by atoms with Gasteiger partial charge in [-0.15, -0.1) is 0 Å². The fourth-order valence-electron chi connectivity index (χ4n) is 4.06. The number of nitrogens with one attached hydrogen (secondary N) is 1. The number of nitrogens with zero attached hydrogens (tertiary/aromatic N) is 1. The molecule has 1 atom stereocenters. The van der Waals surface area contributed by atoms with Gasteiger partial charge < -0.3 is 19.7 Å². The number of rotatable bonds is 4. The molecule has 7 heteroatoms. The van der Waals surface area contributed by atoms with E-state index in [-0.39, 0.29) is 23.5 Å². The van der Waals surface area contributed by atoms with E-state index in [9.17, 15) is 14.0 Å². The maximum atomic E-state index is 13.2. The summed E-state index contributed by atoms with van der Waals surface area (Å²) in [6.07, 6.45) is 1.46. The van der Waals surface area contributed by atoms with Gasteiger partial charge in [0.2, 0.25) is 5.91 Å². The summed E-state index contributed by atoms with van der Waals surface area (Å²) in [5, 5.41) is 3.13. The van der Waals surface area contributed by atoms with Crippen molar-refractivity contribution in [3.8, 4) is 11.5 Å². The van der Waals surface area contributed by atoms with Gasteiger partial charge in [-0.05, 0) is 68.7 Å². The second-order valence-electron chi connectivity index (χ2n) is 8.57. The molecule has 6 nitrogen and oxygen atoms in total. The molecule has 31 heavy (non-hydrogen) atoms. The number of carbonyl (C=O) groups is 2. The van der Waals surface area contributed by atoms with Crippen LogP contribution in [0.5, 0.6) is 11.5 Å². The third-order valence-electron chi connectivity index (χ3n) is 5.87. The summed E-state index contributed by atoms with van der Waals surface area (Å²) >= 11 is 0. The molecule has 0 bridgehead atoms. The number of carbonyl (C=O) groups excluding carboxylic acids is 2. The predicted octanol–water partition coefficient (Wildman–Crippen LogP) is 3.50. The molecule has 1 saturated heterocycles. The molecule has 0 aliphatic carbocycles. The van der Waals surface area contributed by atoms with Crippen LogP contribution in [-0.4, -0.2) is 43.0 Å². The number of piperidine rings is 1. The number of amides is 2. The van der Waals surface area contributed by atoms with E-state index in [0.717, 1.165) is 18.4 Å². The number of likely N-dealkylation sites (tertiary alicyclic amines) is 1. The van der Waals surface area contributed by atoms with Gasteiger partial charge in [0.05, 0.1) is 11.5 Å². The Kier molecular flexibility index (Phi) is 5.85. The van der Waals surface area contributed by atoms with Crippen molar-refractivity contribution in [3.63, 3.8) is 0 Å². The molecule has 2 aromatic carbocycles. The van der Waals surface area contributed by atoms with Crippen molar-refractivity contribution >= 4 is 11.8 Å². The largest absolute Gasteiger partial charge is 0.486 e. The van der Waals surface area contributed by atoms with Gasteiger partial charge in [0.15, 0.2) is 11.5 Å². The summed E-state index contributed by atoms with van der Waals surface area (Å²) in [6.45, 7) is 5.86. The zero-order valence-electron chi connectivity index (χ0n) is 17.8. The van der Waals surface area contributed by atoms with Gasteiger partial charge in [-0.25, -0.2) is 4.39 Å². The van der Waals surface area contributed by atoms with Crippen LogP contribution in [0.1, 0.15) is 42.6 Å². The Bertz CT molecular complexity index is 974. The van der Waals surface area contributed by atoms with Gasteiger partial charge in [-0.3, -0.25) is 9.59 Å². The van der Waals surface area contributed by atoms with Crippen LogP contribution in [0.25, 0.3) is 0 Å². The highest BCUT2D eigenvalue weighted by Gasteiger charge is 2.33. The average Bonchev–Trinajstić information content (AvgIpc) is 2.78. The summed E-state index contributed by atoms with van der Waals surface area (Å²) in [4.78, 5) is 27.5. The summed E-state index contributed by atoms with van der Waals surface area (Å²) in [5.41, 5.74) is 0.732. The Hall–Kier alpha value is -3.09. The fourth-order valence-corrected chi connectivity index (χ4v) is 4.06. The van der Waals surface area contributed by atoms with Gasteiger partial charge in [0, 0.05) is 18.7 Å². The first-order valence-corrected chi connectivity index (χ1v) is 10.6. The first kappa shape index (κ1) is 21.2. The Morgan fingerprint density at radius 1 is 1.06 bits per heavy atom. The smallest absolute Gasteiger partial charge is 0.253 e. The SMILES string of the molecule is CC(C)(NC(=O)C1CCCN(C(=O)c2ccc(F)cc2)C1)c1ccc2c(c1)OCCO2. The molecule has 0 spiro atoms. The third-order valence-corrected chi connectivity index (χ3v) is 5.87. The first-order chi connectivity index (χ1) is 14.8. The highest BCUT2D eigenvalue weighted by atomic mass is 19.1. The van der Waals surface area contributed by atoms with E-state index in [1.54, 1.807) is 4.90 Å². The van der Waals surface area contributed by atoms with Crippen molar-refractivity contribution in [2.24, 2.45) is 5.92 Å². The van der Waals surface area contributed by atoms with E-state index in [1.165, 1.54) is 24.3 Å². The minimum Gasteiger partial charge on any atom is -0.486 e. The van der Waals surface area contributed by atoms with E-state index >= 15 is 0 Å². The Morgan fingerprint density at radius 2 is 1.77 bits per heavy atom. The summed E-state index contributed by atoms with van der Waals surface area (Å²) in [6, 6.07) is 11.2. The average molecular weight is 426 g/mol. The molecule has 4 rings (SSSR count). The summed E-state index contributed by atoms with van der Waals surface area (Å²) < 4.78 is 24.4. The first-order valence-electron chi connectivity index (χ1n) is 10.6. The van der Waals surface area contributed by atoms with Crippen molar-refractivity contribution in [2.75, 3.05) is 26.3 Å². The van der Waals surface area contributed by atoms with E-state index < -0.39 is 5.54 Å². The normalized spacial score (nSPS) is 18.4. The molecule has 0 saturated carbocycles. The molecular weight excluding hydrogens is 399 g/mol. The molecule has 0 radical (unpaired) electrons. The van der Waals surface area contributed by atoms with Crippen LogP contribution in [0.2, 0.25) is 0 Å². The number of hydrogen-bond donors (Lipinski definition) is 1. The monoisotopic (exact) mass is 426 g/mol. The van der Waals surface area contributed by atoms with Crippen LogP contribution in [-0.2, 0) is 10.3 Å². The molecule has 1 fully saturated rings. The van der Waals surface area contributed by atoms with Gasteiger partial charge in [0.25, 0.3) is 5.91 Å². The molecule has 1 N–H and O–H groups in total. The second-order valence-corrected chi connectivity index (χ2v) is 8.57. The molecule has 164 valence electrons. The van der Waals surface area contributed by atoms with Crippen LogP contribution >= 0.6 is 0 Å². The topological polar surface area (TPSA) is 67.9 Å². The van der Waals surface area contributed by atoms with Crippen molar-refractivity contribution in [2.45, 2.75) is 32.2 Å². The summed E-state index contributed by atoms with van der Waals surface area (Å²) in [5.74, 6) is 0.447. The molecule has 1 unspecified atom stereocenters. The van der Waals surface area contributed by atoms with Crippen LogP contribution in [0.3, 0.4) is 0 Å². The molecule has 0 aromatic heterocycles. The van der Waals surface area contributed by atoms with Gasteiger partial charge in [0.1, 0.15) is 19.0 Å². The van der Waals surface area contributed by atoms with Gasteiger partial charge in [-0.2, -0.15) is 0 Å². The number of ether oxygens (including phenoxy) is 2. The van der Waals surface area contributed by atoms with Crippen molar-refractivity contribution < 1.29 is 23.5 Å². The van der Waals surface area contributed by atoms with Crippen molar-refractivity contribution in [1.82, 2.24) is 10.2 Å². The minimum atomic E-state index is -0.615. The maximum Gasteiger partial charge on any atom is 0.253 e. The third kappa shape index (κ3) is 4.65. The Morgan fingerprint density at radius 3 is 2.52 bits per heavy atom. The lowest BCUT2D eigenvalue weighted by Gasteiger charge is -2.35. The zero-order valence-corrected chi connectivity index (χ0v) is 17.8. The summed E-state index contributed by atoms with van der Waals surface area (Å²) in [7, 11) is 0. The van der Waals surface area contributed by atoms with Gasteiger partial charge in [-0.1, -0.05) is 6.07 Å². The number of benzene rings is 2. The Balaban J connectivity index is 1.42. The standard InChI is InChI=1S/C24H27FN2O4/c1-24(2,18-7-10-20-21(14-18)31-13-12-30-20)26-22(28)17-4-3-11-27(15-17)23(29)16-5-8-19(25)9-6-16/h5-10,14,17H,3-4,11-13,15H2,1-2H3,(H,26,28). The van der Waals surface area contributed by atoms with Crippen LogP contribution in [0.15, 0.2) is 42.5 Å². The highest BCUT2D eigenvalue weighted by Crippen LogP contribution is 2.34. The molecule has 2 aliphatic rings. The van der Waals surface area contributed by atoms with Gasteiger partial charge >= 0.3 is 0 Å². The molecule has 2 heterocycles. The van der Waals surface area contributed by atoms with E-state index in [2.05, 4.69) is 5.32 Å². The van der Waals surface area contributed by atoms with Crippen LogP contribution in [0.4, 0.5) is 4.39 Å². The van der Waals surface area contributed by atoms with E-state index in [1.807, 2.05) is 32.0 Å². The quantitative estimate of drug-likeness (QED) is 0.813. The Labute approximate surface area is 181 Å². The second kappa shape index (κ2) is 8.57. The highest BCUT2D eigenvalue weighted by molar-refractivity contribution is 5.94. The number of fused-ring (bicyclic) bond motifs is 1. The lowest BCUT2D eigenvalue weighted by Crippen LogP contribution is -2.49. The minimum absolute atomic E-state index is 0.0866. The predicted molar refractivity (Wildman–Crippen MR) is 114 cm³/mol. The molecule has 2 amide bonds. The number of halogens is 1. The lowest BCUT2D eigenvalue weighted by molar-refractivity contribution is -0.128. The molecular formula is C24H27FN2O4. The molecule has 2 aliphatic heterocycles. The van der Waals surface area contributed by atoms with Crippen molar-refractivity contribution in [1.29, 1.82) is 0 Å². The zero-order chi connectivity index (χ0) is 22.0. The number of hydrogen-bond acceptors (Lipinski definition) is 4. The molecule has 2 aromatic rings. The van der Waals surface area contributed by atoms with E-state index in [0.29, 0.717) is 43.4 Å².